The number of methoxy groups -OCH3 is 2. The van der Waals surface area contributed by atoms with Crippen molar-refractivity contribution in [2.45, 2.75) is 52.4 Å². The van der Waals surface area contributed by atoms with Gasteiger partial charge in [0.1, 0.15) is 11.8 Å². The van der Waals surface area contributed by atoms with Crippen molar-refractivity contribution in [2.24, 2.45) is 33.7 Å². The maximum Gasteiger partial charge on any atom is 0.336 e. The SMILES string of the molecule is CCOC(=O)C1=C(COCC2CC(COCC3=C(C(=O)OCC)C(c4ccccc4Cl)C(C(=O)OC)C(C)=N3)C2)N=C(C)C(C(=O)OC)C1c1ccccc1Cl. The van der Waals surface area contributed by atoms with Crippen LogP contribution in [0.15, 0.2) is 81.1 Å². The molecule has 5 rings (SSSR count). The molecule has 14 heteroatoms. The van der Waals surface area contributed by atoms with Crippen molar-refractivity contribution in [3.8, 4) is 0 Å². The van der Waals surface area contributed by atoms with Gasteiger partial charge in [-0.25, -0.2) is 9.59 Å². The maximum atomic E-state index is 13.5. The lowest BCUT2D eigenvalue weighted by Gasteiger charge is -2.36. The second-order valence-corrected chi connectivity index (χ2v) is 14.7. The van der Waals surface area contributed by atoms with Crippen LogP contribution < -0.4 is 0 Å². The summed E-state index contributed by atoms with van der Waals surface area (Å²) in [6.07, 6.45) is 1.66. The highest BCUT2D eigenvalue weighted by atomic mass is 35.5. The second kappa shape index (κ2) is 19.7. The first kappa shape index (κ1) is 42.8. The van der Waals surface area contributed by atoms with E-state index >= 15 is 0 Å². The van der Waals surface area contributed by atoms with E-state index in [1.165, 1.54) is 14.2 Å². The Hall–Kier alpha value is -4.36. The molecule has 1 fully saturated rings. The van der Waals surface area contributed by atoms with E-state index in [1.807, 2.05) is 0 Å². The number of esters is 4. The average Bonchev–Trinajstić information content (AvgIpc) is 3.16. The van der Waals surface area contributed by atoms with Crippen LogP contribution in [0.2, 0.25) is 10.0 Å². The molecule has 0 spiro atoms. The molecular weight excluding hydrogens is 763 g/mol. The number of hydrogen-bond donors (Lipinski definition) is 0. The van der Waals surface area contributed by atoms with Gasteiger partial charge in [-0.15, -0.1) is 0 Å². The molecule has 0 radical (unpaired) electrons. The summed E-state index contributed by atoms with van der Waals surface area (Å²) in [5.41, 5.74) is 3.32. The fourth-order valence-electron chi connectivity index (χ4n) is 7.77. The molecule has 1 aliphatic carbocycles. The summed E-state index contributed by atoms with van der Waals surface area (Å²) >= 11 is 13.2. The van der Waals surface area contributed by atoms with Gasteiger partial charge in [-0.2, -0.15) is 0 Å². The van der Waals surface area contributed by atoms with E-state index in [4.69, 9.17) is 51.6 Å². The lowest BCUT2D eigenvalue weighted by atomic mass is 9.75. The van der Waals surface area contributed by atoms with Crippen molar-refractivity contribution in [2.75, 3.05) is 53.9 Å². The number of halogens is 2. The minimum Gasteiger partial charge on any atom is -0.468 e. The molecule has 2 heterocycles. The van der Waals surface area contributed by atoms with E-state index < -0.39 is 47.5 Å². The third-order valence-corrected chi connectivity index (χ3v) is 11.0. The fraction of sp³-hybridized carbons (Fsp3) is 0.476. The van der Waals surface area contributed by atoms with Crippen molar-refractivity contribution in [3.05, 3.63) is 92.2 Å². The van der Waals surface area contributed by atoms with Gasteiger partial charge in [-0.1, -0.05) is 59.6 Å². The van der Waals surface area contributed by atoms with E-state index in [0.29, 0.717) is 57.2 Å². The van der Waals surface area contributed by atoms with Gasteiger partial charge in [-0.05, 0) is 75.6 Å². The van der Waals surface area contributed by atoms with E-state index in [2.05, 4.69) is 9.98 Å². The smallest absolute Gasteiger partial charge is 0.336 e. The van der Waals surface area contributed by atoms with Gasteiger partial charge in [0.15, 0.2) is 0 Å². The van der Waals surface area contributed by atoms with E-state index in [0.717, 1.165) is 12.8 Å². The third-order valence-electron chi connectivity index (χ3n) is 10.3. The monoisotopic (exact) mass is 810 g/mol. The minimum atomic E-state index is -0.876. The van der Waals surface area contributed by atoms with Crippen LogP contribution in [0.25, 0.3) is 0 Å². The third kappa shape index (κ3) is 9.42. The molecule has 12 nitrogen and oxygen atoms in total. The number of aliphatic imine (C=N–C) groups is 2. The molecule has 0 bridgehead atoms. The van der Waals surface area contributed by atoms with Gasteiger partial charge in [0.2, 0.25) is 0 Å². The zero-order chi connectivity index (χ0) is 40.5. The highest BCUT2D eigenvalue weighted by molar-refractivity contribution is 6.32. The van der Waals surface area contributed by atoms with Gasteiger partial charge < -0.3 is 28.4 Å². The van der Waals surface area contributed by atoms with Gasteiger partial charge in [0, 0.05) is 46.5 Å². The number of rotatable bonds is 16. The van der Waals surface area contributed by atoms with Gasteiger partial charge in [-0.3, -0.25) is 19.6 Å². The Bertz CT molecular complexity index is 1800. The van der Waals surface area contributed by atoms with Crippen molar-refractivity contribution in [3.63, 3.8) is 0 Å². The Labute approximate surface area is 337 Å². The standard InChI is InChI=1S/C42H48Cl2N2O10/c1-7-55-41(49)37-31(45-23(3)33(39(47)51-5)35(37)27-13-9-11-15-29(27)43)21-53-19-25-17-26(18-25)20-54-22-32-38(42(50)56-8-2)36(28-14-10-12-16-30(28)44)34(24(4)46-32)40(48)52-6/h9-16,25-26,33-36H,7-8,17-22H2,1-6H3. The molecule has 0 amide bonds. The van der Waals surface area contributed by atoms with Crippen molar-refractivity contribution in [1.82, 2.24) is 0 Å². The van der Waals surface area contributed by atoms with E-state index in [-0.39, 0.29) is 49.4 Å². The van der Waals surface area contributed by atoms with Crippen LogP contribution >= 0.6 is 23.2 Å². The molecule has 0 saturated heterocycles. The quantitative estimate of drug-likeness (QED) is 0.127. The molecule has 2 aromatic carbocycles. The lowest BCUT2D eigenvalue weighted by Crippen LogP contribution is -2.37. The zero-order valence-electron chi connectivity index (χ0n) is 32.5. The summed E-state index contributed by atoms with van der Waals surface area (Å²) in [6, 6.07) is 14.1. The first-order valence-electron chi connectivity index (χ1n) is 18.7. The van der Waals surface area contributed by atoms with Crippen LogP contribution in [-0.4, -0.2) is 89.2 Å². The molecule has 1 saturated carbocycles. The number of carbonyl (C=O) groups excluding carboxylic acids is 4. The molecule has 56 heavy (non-hydrogen) atoms. The molecule has 0 aromatic heterocycles. The van der Waals surface area contributed by atoms with Gasteiger partial charge in [0.25, 0.3) is 0 Å². The molecular formula is C42H48Cl2N2O10. The summed E-state index contributed by atoms with van der Waals surface area (Å²) in [5, 5.41) is 0.797. The number of nitrogens with zero attached hydrogens (tertiary/aromatic N) is 2. The van der Waals surface area contributed by atoms with Crippen molar-refractivity contribution >= 4 is 58.5 Å². The van der Waals surface area contributed by atoms with Crippen LogP contribution in [0.4, 0.5) is 0 Å². The Morgan fingerprint density at radius 2 is 1.02 bits per heavy atom. The Balaban J connectivity index is 1.26. The predicted molar refractivity (Wildman–Crippen MR) is 211 cm³/mol. The fourth-order valence-corrected chi connectivity index (χ4v) is 8.28. The van der Waals surface area contributed by atoms with Crippen LogP contribution in [0, 0.1) is 23.7 Å². The summed E-state index contributed by atoms with van der Waals surface area (Å²) in [4.78, 5) is 62.4. The highest BCUT2D eigenvalue weighted by Crippen LogP contribution is 2.44. The zero-order valence-corrected chi connectivity index (χ0v) is 34.0. The van der Waals surface area contributed by atoms with Crippen LogP contribution in [-0.2, 0) is 47.6 Å². The van der Waals surface area contributed by atoms with Crippen molar-refractivity contribution in [1.29, 1.82) is 0 Å². The Morgan fingerprint density at radius 1 is 0.643 bits per heavy atom. The summed E-state index contributed by atoms with van der Waals surface area (Å²) in [6.45, 7) is 8.02. The Morgan fingerprint density at radius 3 is 1.36 bits per heavy atom. The molecule has 0 N–H and O–H groups in total. The molecule has 3 aliphatic rings. The highest BCUT2D eigenvalue weighted by Gasteiger charge is 2.45. The van der Waals surface area contributed by atoms with Crippen molar-refractivity contribution < 1.29 is 47.6 Å². The van der Waals surface area contributed by atoms with Gasteiger partial charge in [0.05, 0.1) is 63.2 Å². The minimum absolute atomic E-state index is 0.0271. The molecule has 4 atom stereocenters. The number of benzene rings is 2. The molecule has 4 unspecified atom stereocenters. The first-order valence-corrected chi connectivity index (χ1v) is 19.4. The summed E-state index contributed by atoms with van der Waals surface area (Å²) in [7, 11) is 2.59. The van der Waals surface area contributed by atoms with E-state index in [9.17, 15) is 19.2 Å². The largest absolute Gasteiger partial charge is 0.468 e. The summed E-state index contributed by atoms with van der Waals surface area (Å²) < 4.78 is 33.5. The Kier molecular flexibility index (Phi) is 15.0. The predicted octanol–water partition coefficient (Wildman–Crippen LogP) is 7.08. The normalized spacial score (nSPS) is 23.4. The van der Waals surface area contributed by atoms with Crippen LogP contribution in [0.1, 0.15) is 63.5 Å². The molecule has 2 aliphatic heterocycles. The lowest BCUT2D eigenvalue weighted by molar-refractivity contribution is -0.145. The number of ether oxygens (including phenoxy) is 6. The topological polar surface area (TPSA) is 148 Å². The van der Waals surface area contributed by atoms with Gasteiger partial charge >= 0.3 is 23.9 Å². The van der Waals surface area contributed by atoms with E-state index in [1.54, 1.807) is 76.2 Å². The second-order valence-electron chi connectivity index (χ2n) is 13.9. The number of hydrogen-bond acceptors (Lipinski definition) is 12. The van der Waals surface area contributed by atoms with Crippen LogP contribution in [0.5, 0.6) is 0 Å². The maximum absolute atomic E-state index is 13.5. The summed E-state index contributed by atoms with van der Waals surface area (Å²) in [5.74, 6) is -5.10. The van der Waals surface area contributed by atoms with Crippen LogP contribution in [0.3, 0.4) is 0 Å². The average molecular weight is 812 g/mol. The number of carbonyl (C=O) groups is 4. The molecule has 300 valence electrons. The molecule has 2 aromatic rings. The first-order chi connectivity index (χ1) is 26.9.